The van der Waals surface area contributed by atoms with Gasteiger partial charge in [0.1, 0.15) is 0 Å². The zero-order valence-corrected chi connectivity index (χ0v) is 11.8. The molecule has 1 aliphatic rings. The van der Waals surface area contributed by atoms with E-state index in [4.69, 9.17) is 11.6 Å². The van der Waals surface area contributed by atoms with Gasteiger partial charge in [-0.05, 0) is 12.8 Å². The summed E-state index contributed by atoms with van der Waals surface area (Å²) >= 11 is 5.61. The summed E-state index contributed by atoms with van der Waals surface area (Å²) in [5.74, 6) is -0.0702. The Morgan fingerprint density at radius 1 is 1.50 bits per heavy atom. The third-order valence-corrected chi connectivity index (χ3v) is 3.19. The molecule has 1 unspecified atom stereocenters. The quantitative estimate of drug-likeness (QED) is 0.848. The Labute approximate surface area is 113 Å². The predicted molar refractivity (Wildman–Crippen MR) is 72.1 cm³/mol. The van der Waals surface area contributed by atoms with Crippen LogP contribution in [0.15, 0.2) is 11.6 Å². The first kappa shape index (κ1) is 15.0. The van der Waals surface area contributed by atoms with Crippen molar-refractivity contribution in [3.05, 3.63) is 11.6 Å². The highest BCUT2D eigenvalue weighted by atomic mass is 35.5. The number of halogens is 1. The van der Waals surface area contributed by atoms with E-state index in [1.54, 1.807) is 4.90 Å². The standard InChI is InChI=1S/C13H21ClN2O2/c1-9(2)13(18)16-6-4-5-11(8-16)12(17)15-7-10(3)14/h9,11H,3-8H2,1-2H3,(H,15,17). The van der Waals surface area contributed by atoms with Gasteiger partial charge in [-0.2, -0.15) is 0 Å². The van der Waals surface area contributed by atoms with Crippen molar-refractivity contribution in [2.45, 2.75) is 26.7 Å². The molecule has 0 radical (unpaired) electrons. The van der Waals surface area contributed by atoms with Crippen LogP contribution in [0.25, 0.3) is 0 Å². The van der Waals surface area contributed by atoms with Gasteiger partial charge in [0.2, 0.25) is 11.8 Å². The van der Waals surface area contributed by atoms with Crippen molar-refractivity contribution in [3.8, 4) is 0 Å². The second-order valence-electron chi connectivity index (χ2n) is 5.01. The third kappa shape index (κ3) is 4.33. The van der Waals surface area contributed by atoms with Gasteiger partial charge in [-0.15, -0.1) is 0 Å². The zero-order chi connectivity index (χ0) is 13.7. The molecule has 1 rings (SSSR count). The van der Waals surface area contributed by atoms with Gasteiger partial charge < -0.3 is 10.2 Å². The number of hydrogen-bond acceptors (Lipinski definition) is 2. The lowest BCUT2D eigenvalue weighted by Gasteiger charge is -2.33. The summed E-state index contributed by atoms with van der Waals surface area (Å²) in [5, 5.41) is 3.14. The molecule has 1 atom stereocenters. The minimum absolute atomic E-state index is 0.0190. The smallest absolute Gasteiger partial charge is 0.225 e. The van der Waals surface area contributed by atoms with Gasteiger partial charge in [0.25, 0.3) is 0 Å². The highest BCUT2D eigenvalue weighted by molar-refractivity contribution is 6.29. The Morgan fingerprint density at radius 2 is 2.17 bits per heavy atom. The topological polar surface area (TPSA) is 49.4 Å². The van der Waals surface area contributed by atoms with Gasteiger partial charge in [-0.3, -0.25) is 9.59 Å². The highest BCUT2D eigenvalue weighted by Crippen LogP contribution is 2.18. The Hall–Kier alpha value is -1.03. The fourth-order valence-corrected chi connectivity index (χ4v) is 2.15. The van der Waals surface area contributed by atoms with Crippen LogP contribution in [0.4, 0.5) is 0 Å². The molecule has 1 N–H and O–H groups in total. The Balaban J connectivity index is 2.50. The molecule has 0 bridgehead atoms. The summed E-state index contributed by atoms with van der Waals surface area (Å²) < 4.78 is 0. The molecule has 0 spiro atoms. The van der Waals surface area contributed by atoms with Crippen molar-refractivity contribution >= 4 is 23.4 Å². The molecule has 0 aromatic rings. The average Bonchev–Trinajstić information content (AvgIpc) is 2.34. The van der Waals surface area contributed by atoms with Crippen molar-refractivity contribution in [1.29, 1.82) is 0 Å². The molecule has 1 saturated heterocycles. The fourth-order valence-electron chi connectivity index (χ4n) is 2.08. The summed E-state index contributed by atoms with van der Waals surface area (Å²) in [7, 11) is 0. The number of carbonyl (C=O) groups excluding carboxylic acids is 2. The molecule has 0 aliphatic carbocycles. The van der Waals surface area contributed by atoms with Crippen LogP contribution in [0, 0.1) is 11.8 Å². The van der Waals surface area contributed by atoms with Crippen molar-refractivity contribution in [3.63, 3.8) is 0 Å². The molecule has 0 saturated carbocycles. The second-order valence-corrected chi connectivity index (χ2v) is 5.55. The van der Waals surface area contributed by atoms with E-state index in [1.807, 2.05) is 13.8 Å². The fraction of sp³-hybridized carbons (Fsp3) is 0.692. The molecular formula is C13H21ClN2O2. The van der Waals surface area contributed by atoms with E-state index in [-0.39, 0.29) is 30.2 Å². The highest BCUT2D eigenvalue weighted by Gasteiger charge is 2.29. The molecular weight excluding hydrogens is 252 g/mol. The van der Waals surface area contributed by atoms with Gasteiger partial charge in [0, 0.05) is 24.0 Å². The molecule has 4 nitrogen and oxygen atoms in total. The van der Waals surface area contributed by atoms with Crippen LogP contribution in [0.5, 0.6) is 0 Å². The Morgan fingerprint density at radius 3 is 2.72 bits per heavy atom. The molecule has 102 valence electrons. The van der Waals surface area contributed by atoms with Crippen LogP contribution in [0.3, 0.4) is 0 Å². The molecule has 2 amide bonds. The number of carbonyl (C=O) groups is 2. The van der Waals surface area contributed by atoms with Gasteiger partial charge in [-0.25, -0.2) is 0 Å². The molecule has 1 aliphatic heterocycles. The largest absolute Gasteiger partial charge is 0.351 e. The predicted octanol–water partition coefficient (Wildman–Crippen LogP) is 1.75. The monoisotopic (exact) mass is 272 g/mol. The maximum Gasteiger partial charge on any atom is 0.225 e. The summed E-state index contributed by atoms with van der Waals surface area (Å²) in [5.41, 5.74) is 0. The van der Waals surface area contributed by atoms with Crippen LogP contribution in [-0.2, 0) is 9.59 Å². The van der Waals surface area contributed by atoms with E-state index >= 15 is 0 Å². The van der Waals surface area contributed by atoms with Gasteiger partial charge in [0.05, 0.1) is 12.5 Å². The van der Waals surface area contributed by atoms with Gasteiger partial charge in [-0.1, -0.05) is 32.0 Å². The van der Waals surface area contributed by atoms with Crippen LogP contribution >= 0.6 is 11.6 Å². The number of rotatable bonds is 4. The lowest BCUT2D eigenvalue weighted by atomic mass is 9.96. The maximum atomic E-state index is 11.9. The zero-order valence-electron chi connectivity index (χ0n) is 11.0. The van der Waals surface area contributed by atoms with Crippen molar-refractivity contribution in [2.24, 2.45) is 11.8 Å². The van der Waals surface area contributed by atoms with Crippen molar-refractivity contribution in [1.82, 2.24) is 10.2 Å². The lowest BCUT2D eigenvalue weighted by molar-refractivity contribution is -0.138. The minimum atomic E-state index is -0.127. The molecule has 0 aromatic heterocycles. The molecule has 0 aromatic carbocycles. The first-order valence-corrected chi connectivity index (χ1v) is 6.69. The van der Waals surface area contributed by atoms with E-state index in [2.05, 4.69) is 11.9 Å². The number of amides is 2. The molecule has 1 heterocycles. The van der Waals surface area contributed by atoms with E-state index in [0.717, 1.165) is 19.4 Å². The van der Waals surface area contributed by atoms with Crippen molar-refractivity contribution in [2.75, 3.05) is 19.6 Å². The van der Waals surface area contributed by atoms with E-state index in [9.17, 15) is 9.59 Å². The lowest BCUT2D eigenvalue weighted by Crippen LogP contribution is -2.46. The van der Waals surface area contributed by atoms with E-state index in [0.29, 0.717) is 11.6 Å². The number of hydrogen-bond donors (Lipinski definition) is 1. The Bertz CT molecular complexity index is 342. The maximum absolute atomic E-state index is 11.9. The number of piperidine rings is 1. The summed E-state index contributed by atoms with van der Waals surface area (Å²) in [4.78, 5) is 25.6. The second kappa shape index (κ2) is 6.78. The summed E-state index contributed by atoms with van der Waals surface area (Å²) in [6, 6.07) is 0. The summed E-state index contributed by atoms with van der Waals surface area (Å²) in [6.45, 7) is 8.83. The van der Waals surface area contributed by atoms with Crippen LogP contribution in [-0.4, -0.2) is 36.3 Å². The van der Waals surface area contributed by atoms with Crippen LogP contribution < -0.4 is 5.32 Å². The van der Waals surface area contributed by atoms with Gasteiger partial charge in [0.15, 0.2) is 0 Å². The van der Waals surface area contributed by atoms with E-state index in [1.165, 1.54) is 0 Å². The molecule has 1 fully saturated rings. The van der Waals surface area contributed by atoms with Crippen molar-refractivity contribution < 1.29 is 9.59 Å². The average molecular weight is 273 g/mol. The number of likely N-dealkylation sites (tertiary alicyclic amines) is 1. The SMILES string of the molecule is C=C(Cl)CNC(=O)C1CCCN(C(=O)C(C)C)C1. The van der Waals surface area contributed by atoms with Gasteiger partial charge >= 0.3 is 0 Å². The summed E-state index contributed by atoms with van der Waals surface area (Å²) in [6.07, 6.45) is 1.70. The Kier molecular flexibility index (Phi) is 5.66. The number of nitrogens with zero attached hydrogens (tertiary/aromatic N) is 1. The van der Waals surface area contributed by atoms with Crippen LogP contribution in [0.2, 0.25) is 0 Å². The molecule has 5 heteroatoms. The third-order valence-electron chi connectivity index (χ3n) is 3.05. The van der Waals surface area contributed by atoms with Crippen LogP contribution in [0.1, 0.15) is 26.7 Å². The first-order valence-electron chi connectivity index (χ1n) is 6.31. The molecule has 18 heavy (non-hydrogen) atoms. The van der Waals surface area contributed by atoms with E-state index < -0.39 is 0 Å². The normalized spacial score (nSPS) is 19.8. The first-order chi connectivity index (χ1) is 8.41. The minimum Gasteiger partial charge on any atom is -0.351 e. The number of nitrogens with one attached hydrogen (secondary N) is 1.